The molecule has 3 nitrogen and oxygen atoms in total. The maximum Gasteiger partial charge on any atom is -0.00489 e. The summed E-state index contributed by atoms with van der Waals surface area (Å²) in [6.45, 7) is 4.02. The lowest BCUT2D eigenvalue weighted by molar-refractivity contribution is 0.558. The first-order valence-electron chi connectivity index (χ1n) is 6.52. The van der Waals surface area contributed by atoms with Crippen molar-refractivity contribution in [2.45, 2.75) is 51.4 Å². The minimum absolute atomic E-state index is 0. The van der Waals surface area contributed by atoms with E-state index in [-0.39, 0.29) is 14.1 Å². The highest BCUT2D eigenvalue weighted by molar-refractivity contribution is 4.51. The van der Waals surface area contributed by atoms with Crippen LogP contribution in [0.5, 0.6) is 0 Å². The van der Waals surface area contributed by atoms with E-state index in [1.54, 1.807) is 0 Å². The van der Waals surface area contributed by atoms with Crippen molar-refractivity contribution in [3.63, 3.8) is 0 Å². The van der Waals surface area contributed by atoms with Crippen LogP contribution in [0.4, 0.5) is 14.1 Å². The summed E-state index contributed by atoms with van der Waals surface area (Å²) in [4.78, 5) is 0. The molecule has 0 aromatic rings. The van der Waals surface area contributed by atoms with Crippen LogP contribution in [0.2, 0.25) is 0 Å². The van der Waals surface area contributed by atoms with Crippen LogP contribution in [0.25, 0.3) is 0 Å². The highest BCUT2D eigenvalue weighted by Crippen LogP contribution is 1.98. The number of nitrogens with one attached hydrogen (secondary N) is 1. The molecule has 0 aliphatic heterocycles. The first kappa shape index (κ1) is 26.3. The molecule has 0 saturated carbocycles. The van der Waals surface area contributed by atoms with E-state index in [2.05, 4.69) is 5.32 Å². The maximum atomic E-state index is 5.42. The Morgan fingerprint density at radius 3 is 1.17 bits per heavy atom. The standard InChI is InChI=1S/C12H29N3.3FH/c13-9-5-1-3-7-11-15-12-8-4-2-6-10-14;;;/h15H,1-14H2;3*1H. The van der Waals surface area contributed by atoms with E-state index in [9.17, 15) is 0 Å². The zero-order chi connectivity index (χ0) is 11.2. The Morgan fingerprint density at radius 2 is 0.833 bits per heavy atom. The molecule has 0 radical (unpaired) electrons. The van der Waals surface area contributed by atoms with E-state index >= 15 is 0 Å². The van der Waals surface area contributed by atoms with Crippen molar-refractivity contribution >= 4 is 0 Å². The average Bonchev–Trinajstić information content (AvgIpc) is 2.26. The van der Waals surface area contributed by atoms with Gasteiger partial charge in [-0.25, -0.2) is 0 Å². The molecule has 0 aromatic carbocycles. The number of rotatable bonds is 12. The number of nitrogens with two attached hydrogens (primary N) is 2. The van der Waals surface area contributed by atoms with E-state index in [0.29, 0.717) is 0 Å². The molecule has 0 rings (SSSR count). The Bertz CT molecular complexity index is 107. The lowest BCUT2D eigenvalue weighted by atomic mass is 10.2. The van der Waals surface area contributed by atoms with Crippen LogP contribution in [0.15, 0.2) is 0 Å². The smallest absolute Gasteiger partial charge is 0.00489 e. The summed E-state index contributed by atoms with van der Waals surface area (Å²) in [7, 11) is 0. The van der Waals surface area contributed by atoms with Crippen molar-refractivity contribution in [1.82, 2.24) is 5.32 Å². The van der Waals surface area contributed by atoms with Crippen molar-refractivity contribution < 1.29 is 14.1 Å². The highest BCUT2D eigenvalue weighted by atomic mass is 19.0. The average molecular weight is 275 g/mol. The monoisotopic (exact) mass is 275 g/mol. The fourth-order valence-corrected chi connectivity index (χ4v) is 1.62. The zero-order valence-electron chi connectivity index (χ0n) is 11.4. The molecule has 0 saturated heterocycles. The summed E-state index contributed by atoms with van der Waals surface area (Å²) in [5.74, 6) is 0. The minimum Gasteiger partial charge on any atom is -0.330 e. The largest absolute Gasteiger partial charge is 0.330 e. The van der Waals surface area contributed by atoms with Crippen molar-refractivity contribution in [2.75, 3.05) is 26.2 Å². The Hall–Kier alpha value is -0.330. The third-order valence-electron chi connectivity index (χ3n) is 2.62. The summed E-state index contributed by atoms with van der Waals surface area (Å²) in [6, 6.07) is 0. The molecule has 0 spiro atoms. The van der Waals surface area contributed by atoms with Gasteiger partial charge in [0.25, 0.3) is 0 Å². The molecule has 0 aliphatic carbocycles. The topological polar surface area (TPSA) is 64.1 Å². The van der Waals surface area contributed by atoms with Gasteiger partial charge in [0.15, 0.2) is 0 Å². The van der Waals surface area contributed by atoms with E-state index in [1.165, 1.54) is 64.5 Å². The Morgan fingerprint density at radius 1 is 0.500 bits per heavy atom. The summed E-state index contributed by atoms with van der Waals surface area (Å²) in [5, 5.41) is 3.48. The van der Waals surface area contributed by atoms with Gasteiger partial charge in [0.1, 0.15) is 0 Å². The van der Waals surface area contributed by atoms with Crippen molar-refractivity contribution in [3.05, 3.63) is 0 Å². The molecule has 0 heterocycles. The fraction of sp³-hybridized carbons (Fsp3) is 1.00. The first-order chi connectivity index (χ1) is 7.41. The summed E-state index contributed by atoms with van der Waals surface area (Å²) >= 11 is 0. The van der Waals surface area contributed by atoms with Gasteiger partial charge in [0, 0.05) is 0 Å². The van der Waals surface area contributed by atoms with Crippen molar-refractivity contribution in [2.24, 2.45) is 11.5 Å². The highest BCUT2D eigenvalue weighted by Gasteiger charge is 1.91. The summed E-state index contributed by atoms with van der Waals surface area (Å²) < 4.78 is 0. The van der Waals surface area contributed by atoms with E-state index in [1.807, 2.05) is 0 Å². The number of halogens is 3. The normalized spacial score (nSPS) is 9.00. The van der Waals surface area contributed by atoms with Gasteiger partial charge in [0.05, 0.1) is 0 Å². The van der Waals surface area contributed by atoms with Gasteiger partial charge < -0.3 is 16.8 Å². The van der Waals surface area contributed by atoms with Gasteiger partial charge >= 0.3 is 0 Å². The van der Waals surface area contributed by atoms with Gasteiger partial charge in [-0.2, -0.15) is 0 Å². The molecule has 0 aliphatic rings. The van der Waals surface area contributed by atoms with Crippen LogP contribution >= 0.6 is 0 Å². The molecule has 0 bridgehead atoms. The third kappa shape index (κ3) is 24.8. The van der Waals surface area contributed by atoms with Gasteiger partial charge in [-0.1, -0.05) is 25.7 Å². The summed E-state index contributed by atoms with van der Waals surface area (Å²) in [5.41, 5.74) is 10.8. The van der Waals surface area contributed by atoms with Crippen LogP contribution in [0.3, 0.4) is 0 Å². The fourth-order valence-electron chi connectivity index (χ4n) is 1.62. The predicted octanol–water partition coefficient (Wildman–Crippen LogP) is 2.07. The van der Waals surface area contributed by atoms with Crippen molar-refractivity contribution in [3.8, 4) is 0 Å². The van der Waals surface area contributed by atoms with E-state index in [4.69, 9.17) is 11.5 Å². The molecule has 0 atom stereocenters. The number of hydrogen-bond acceptors (Lipinski definition) is 3. The van der Waals surface area contributed by atoms with Gasteiger partial charge in [-0.15, -0.1) is 0 Å². The molecule has 116 valence electrons. The Kier molecular flexibility index (Phi) is 37.2. The van der Waals surface area contributed by atoms with E-state index in [0.717, 1.165) is 13.1 Å². The van der Waals surface area contributed by atoms with Crippen LogP contribution in [0.1, 0.15) is 51.4 Å². The maximum absolute atomic E-state index is 5.42. The molecule has 0 aromatic heterocycles. The van der Waals surface area contributed by atoms with Crippen LogP contribution in [0, 0.1) is 0 Å². The van der Waals surface area contributed by atoms with Crippen molar-refractivity contribution in [1.29, 1.82) is 0 Å². The Labute approximate surface area is 109 Å². The molecule has 6 heteroatoms. The lowest BCUT2D eigenvalue weighted by Gasteiger charge is -2.04. The quantitative estimate of drug-likeness (QED) is 0.478. The van der Waals surface area contributed by atoms with E-state index < -0.39 is 0 Å². The second-order valence-corrected chi connectivity index (χ2v) is 4.16. The molecular formula is C12H32F3N3. The van der Waals surface area contributed by atoms with Gasteiger partial charge in [0.2, 0.25) is 0 Å². The molecule has 0 fully saturated rings. The molecule has 0 unspecified atom stereocenters. The minimum atomic E-state index is 0. The third-order valence-corrected chi connectivity index (χ3v) is 2.62. The van der Waals surface area contributed by atoms with Crippen LogP contribution < -0.4 is 16.8 Å². The number of hydrogen-bond donors (Lipinski definition) is 3. The first-order valence-corrected chi connectivity index (χ1v) is 6.52. The molecular weight excluding hydrogens is 243 g/mol. The van der Waals surface area contributed by atoms with Crippen LogP contribution in [-0.2, 0) is 0 Å². The van der Waals surface area contributed by atoms with Gasteiger partial charge in [-0.05, 0) is 51.9 Å². The summed E-state index contributed by atoms with van der Waals surface area (Å²) in [6.07, 6.45) is 10.2. The van der Waals surface area contributed by atoms with Crippen LogP contribution in [-0.4, -0.2) is 26.2 Å². The molecule has 18 heavy (non-hydrogen) atoms. The van der Waals surface area contributed by atoms with Gasteiger partial charge in [-0.3, -0.25) is 14.1 Å². The zero-order valence-corrected chi connectivity index (χ0v) is 11.4. The Balaban J connectivity index is -0.000000327. The SMILES string of the molecule is F.F.F.NCCCCCCNCCCCCCN. The lowest BCUT2D eigenvalue weighted by Crippen LogP contribution is -2.16. The molecule has 0 amide bonds. The number of unbranched alkanes of at least 4 members (excludes halogenated alkanes) is 6. The molecule has 5 N–H and O–H groups in total. The second-order valence-electron chi connectivity index (χ2n) is 4.16. The predicted molar refractivity (Wildman–Crippen MR) is 75.4 cm³/mol. The second kappa shape index (κ2) is 25.5.